The third kappa shape index (κ3) is 6.50. The van der Waals surface area contributed by atoms with Gasteiger partial charge in [-0.25, -0.2) is 17.7 Å². The van der Waals surface area contributed by atoms with Gasteiger partial charge in [-0.05, 0) is 55.3 Å². The zero-order valence-electron chi connectivity index (χ0n) is 21.4. The van der Waals surface area contributed by atoms with Gasteiger partial charge in [0.25, 0.3) is 5.91 Å². The molecule has 0 radical (unpaired) electrons. The minimum atomic E-state index is -3.61. The second-order valence-corrected chi connectivity index (χ2v) is 12.7. The lowest BCUT2D eigenvalue weighted by Crippen LogP contribution is -2.43. The summed E-state index contributed by atoms with van der Waals surface area (Å²) in [7, 11) is -2.03. The Hall–Kier alpha value is -2.08. The van der Waals surface area contributed by atoms with Crippen molar-refractivity contribution in [2.75, 3.05) is 57.9 Å². The molecule has 2 aromatic carbocycles. The molecule has 0 spiro atoms. The first kappa shape index (κ1) is 27.9. The molecule has 8 nitrogen and oxygen atoms in total. The number of halogens is 1. The number of carbonyl (C=O) groups excluding carboxylic acids is 1. The van der Waals surface area contributed by atoms with E-state index in [0.29, 0.717) is 48.6 Å². The highest BCUT2D eigenvalue weighted by atomic mass is 35.5. The van der Waals surface area contributed by atoms with Crippen molar-refractivity contribution < 1.29 is 17.9 Å². The number of nitrogens with zero attached hydrogens (tertiary/aromatic N) is 4. The zero-order valence-corrected chi connectivity index (χ0v) is 23.8. The first-order valence-electron chi connectivity index (χ1n) is 12.5. The number of hydrogen-bond acceptors (Lipinski definition) is 7. The van der Waals surface area contributed by atoms with E-state index in [1.54, 1.807) is 24.1 Å². The van der Waals surface area contributed by atoms with Crippen LogP contribution in [-0.4, -0.2) is 81.5 Å². The average Bonchev–Trinajstić information content (AvgIpc) is 3.32. The molecule has 4 rings (SSSR count). The molecule has 0 saturated carbocycles. The fraction of sp³-hybridized carbons (Fsp3) is 0.462. The van der Waals surface area contributed by atoms with Crippen LogP contribution in [0.4, 0.5) is 5.13 Å². The normalized spacial score (nSPS) is 14.9. The van der Waals surface area contributed by atoms with E-state index in [4.69, 9.17) is 21.3 Å². The van der Waals surface area contributed by atoms with Crippen LogP contribution in [0.3, 0.4) is 0 Å². The first-order chi connectivity index (χ1) is 17.7. The van der Waals surface area contributed by atoms with Crippen molar-refractivity contribution in [3.63, 3.8) is 0 Å². The Morgan fingerprint density at radius 1 is 1.16 bits per heavy atom. The van der Waals surface area contributed by atoms with E-state index in [-0.39, 0.29) is 10.8 Å². The summed E-state index contributed by atoms with van der Waals surface area (Å²) in [5, 5.41) is 1.22. The van der Waals surface area contributed by atoms with Crippen LogP contribution in [-0.2, 0) is 14.8 Å². The summed E-state index contributed by atoms with van der Waals surface area (Å²) in [5.74, 6) is -0.223. The molecular formula is C26H33ClN4O4S2. The maximum atomic E-state index is 13.7. The van der Waals surface area contributed by atoms with Gasteiger partial charge >= 0.3 is 0 Å². The van der Waals surface area contributed by atoms with Crippen molar-refractivity contribution in [2.45, 2.75) is 31.6 Å². The Balaban J connectivity index is 1.61. The molecule has 1 aromatic heterocycles. The summed E-state index contributed by atoms with van der Waals surface area (Å²) in [6.07, 6.45) is 1.70. The topological polar surface area (TPSA) is 83.1 Å². The monoisotopic (exact) mass is 564 g/mol. The summed E-state index contributed by atoms with van der Waals surface area (Å²) >= 11 is 7.69. The maximum absolute atomic E-state index is 13.7. The lowest BCUT2D eigenvalue weighted by atomic mass is 10.2. The number of amides is 1. The lowest BCUT2D eigenvalue weighted by molar-refractivity contribution is 0.0391. The number of anilines is 1. The van der Waals surface area contributed by atoms with E-state index in [1.165, 1.54) is 27.8 Å². The predicted molar refractivity (Wildman–Crippen MR) is 149 cm³/mol. The minimum absolute atomic E-state index is 0.174. The number of hydrogen-bond donors (Lipinski definition) is 0. The van der Waals surface area contributed by atoms with Gasteiger partial charge in [0.05, 0.1) is 28.3 Å². The number of benzene rings is 2. The number of carbonyl (C=O) groups is 1. The van der Waals surface area contributed by atoms with E-state index in [0.717, 1.165) is 41.7 Å². The highest BCUT2D eigenvalue weighted by Gasteiger charge is 2.25. The molecule has 200 valence electrons. The van der Waals surface area contributed by atoms with Gasteiger partial charge in [-0.15, -0.1) is 0 Å². The number of fused-ring (bicyclic) bond motifs is 1. The van der Waals surface area contributed by atoms with Crippen LogP contribution in [0.25, 0.3) is 10.2 Å². The van der Waals surface area contributed by atoms with Crippen molar-refractivity contribution >= 4 is 54.2 Å². The van der Waals surface area contributed by atoms with Gasteiger partial charge in [-0.3, -0.25) is 14.6 Å². The summed E-state index contributed by atoms with van der Waals surface area (Å²) in [5.41, 5.74) is 2.18. The molecule has 0 unspecified atom stereocenters. The van der Waals surface area contributed by atoms with Crippen molar-refractivity contribution in [1.82, 2.24) is 14.2 Å². The van der Waals surface area contributed by atoms with Gasteiger partial charge in [-0.2, -0.15) is 0 Å². The Labute approximate surface area is 227 Å². The molecule has 1 aliphatic rings. The molecular weight excluding hydrogens is 532 g/mol. The molecule has 0 atom stereocenters. The Bertz CT molecular complexity index is 1340. The number of aromatic nitrogens is 1. The maximum Gasteiger partial charge on any atom is 0.260 e. The van der Waals surface area contributed by atoms with E-state index < -0.39 is 10.0 Å². The summed E-state index contributed by atoms with van der Waals surface area (Å²) in [6.45, 7) is 8.54. The van der Waals surface area contributed by atoms with Crippen LogP contribution in [0.15, 0.2) is 41.3 Å². The van der Waals surface area contributed by atoms with Crippen molar-refractivity contribution in [3.8, 4) is 0 Å². The quantitative estimate of drug-likeness (QED) is 0.356. The lowest BCUT2D eigenvalue weighted by Gasteiger charge is -2.29. The molecule has 37 heavy (non-hydrogen) atoms. The van der Waals surface area contributed by atoms with Crippen LogP contribution in [0.5, 0.6) is 0 Å². The van der Waals surface area contributed by atoms with Crippen LogP contribution < -0.4 is 4.90 Å². The average molecular weight is 565 g/mol. The zero-order chi connectivity index (χ0) is 26.6. The van der Waals surface area contributed by atoms with Crippen LogP contribution in [0, 0.1) is 6.92 Å². The smallest absolute Gasteiger partial charge is 0.260 e. The van der Waals surface area contributed by atoms with E-state index >= 15 is 0 Å². The number of sulfonamides is 1. The first-order valence-corrected chi connectivity index (χ1v) is 15.1. The van der Waals surface area contributed by atoms with Crippen LogP contribution >= 0.6 is 22.9 Å². The molecule has 1 fully saturated rings. The number of ether oxygens (including phenoxy) is 1. The molecule has 1 aliphatic heterocycles. The van der Waals surface area contributed by atoms with E-state index in [2.05, 4.69) is 4.90 Å². The number of thiazole rings is 1. The molecule has 0 N–H and O–H groups in total. The van der Waals surface area contributed by atoms with Gasteiger partial charge in [0, 0.05) is 50.4 Å². The van der Waals surface area contributed by atoms with Gasteiger partial charge in [0.1, 0.15) is 0 Å². The minimum Gasteiger partial charge on any atom is -0.379 e. The van der Waals surface area contributed by atoms with Gasteiger partial charge in [0.2, 0.25) is 10.0 Å². The number of rotatable bonds is 10. The highest BCUT2D eigenvalue weighted by Crippen LogP contribution is 2.33. The summed E-state index contributed by atoms with van der Waals surface area (Å²) < 4.78 is 33.5. The fourth-order valence-electron chi connectivity index (χ4n) is 4.21. The largest absolute Gasteiger partial charge is 0.379 e. The van der Waals surface area contributed by atoms with Crippen LogP contribution in [0.2, 0.25) is 5.02 Å². The molecule has 0 bridgehead atoms. The SMILES string of the molecule is CCCCN(C)S(=O)(=O)c1ccc(C(=O)N(CCN2CCOCC2)c2nc3c(C)cc(Cl)cc3s2)cc1. The van der Waals surface area contributed by atoms with Gasteiger partial charge in [0.15, 0.2) is 5.13 Å². The third-order valence-corrected chi connectivity index (χ3v) is 9.61. The molecule has 1 amide bonds. The van der Waals surface area contributed by atoms with Crippen molar-refractivity contribution in [2.24, 2.45) is 0 Å². The van der Waals surface area contributed by atoms with Crippen LogP contribution in [0.1, 0.15) is 35.7 Å². The Morgan fingerprint density at radius 2 is 1.86 bits per heavy atom. The van der Waals surface area contributed by atoms with Gasteiger partial charge in [-0.1, -0.05) is 36.3 Å². The molecule has 3 aromatic rings. The fourth-order valence-corrected chi connectivity index (χ4v) is 6.87. The van der Waals surface area contributed by atoms with Gasteiger partial charge < -0.3 is 4.74 Å². The predicted octanol–water partition coefficient (Wildman–Crippen LogP) is 4.66. The molecule has 2 heterocycles. The second kappa shape index (κ2) is 12.2. The van der Waals surface area contributed by atoms with E-state index in [1.807, 2.05) is 26.0 Å². The number of morpholine rings is 1. The molecule has 1 saturated heterocycles. The summed E-state index contributed by atoms with van der Waals surface area (Å²) in [4.78, 5) is 22.7. The number of unbranched alkanes of at least 4 members (excludes halogenated alkanes) is 1. The summed E-state index contributed by atoms with van der Waals surface area (Å²) in [6, 6.07) is 9.91. The van der Waals surface area contributed by atoms with Crippen molar-refractivity contribution in [1.29, 1.82) is 0 Å². The number of aryl methyl sites for hydroxylation is 1. The van der Waals surface area contributed by atoms with Crippen molar-refractivity contribution in [3.05, 3.63) is 52.5 Å². The molecule has 11 heteroatoms. The Kier molecular flexibility index (Phi) is 9.20. The third-order valence-electron chi connectivity index (χ3n) is 6.49. The van der Waals surface area contributed by atoms with E-state index in [9.17, 15) is 13.2 Å². The standard InChI is InChI=1S/C26H33ClN4O4S2/c1-4-5-10-29(3)37(33,34)22-8-6-20(7-9-22)25(32)31(12-11-30-13-15-35-16-14-30)26-28-24-19(2)17-21(27)18-23(24)36-26/h6-9,17-18H,4-5,10-16H2,1-3H3. The Morgan fingerprint density at radius 3 is 2.54 bits per heavy atom. The second-order valence-electron chi connectivity index (χ2n) is 9.18. The molecule has 0 aliphatic carbocycles. The highest BCUT2D eigenvalue weighted by molar-refractivity contribution is 7.89.